The molecule has 0 radical (unpaired) electrons. The Balaban J connectivity index is 1.69. The van der Waals surface area contributed by atoms with E-state index in [2.05, 4.69) is 27.4 Å². The highest BCUT2D eigenvalue weighted by Crippen LogP contribution is 2.20. The van der Waals surface area contributed by atoms with Crippen LogP contribution in [0.2, 0.25) is 0 Å². The van der Waals surface area contributed by atoms with Crippen LogP contribution in [0.5, 0.6) is 5.75 Å². The van der Waals surface area contributed by atoms with Gasteiger partial charge in [0.25, 0.3) is 0 Å². The molecule has 1 atom stereocenters. The zero-order valence-electron chi connectivity index (χ0n) is 14.0. The van der Waals surface area contributed by atoms with Crippen molar-refractivity contribution in [2.24, 2.45) is 0 Å². The molecule has 0 aliphatic carbocycles. The minimum absolute atomic E-state index is 0.162. The van der Waals surface area contributed by atoms with Crippen LogP contribution in [0, 0.1) is 0 Å². The second-order valence-corrected chi connectivity index (χ2v) is 6.24. The molecule has 2 heterocycles. The van der Waals surface area contributed by atoms with Crippen molar-refractivity contribution in [3.63, 3.8) is 0 Å². The summed E-state index contributed by atoms with van der Waals surface area (Å²) < 4.78 is 11.2. The second-order valence-electron chi connectivity index (χ2n) is 6.24. The van der Waals surface area contributed by atoms with Crippen LogP contribution in [0.15, 0.2) is 28.8 Å². The Kier molecular flexibility index (Phi) is 4.93. The van der Waals surface area contributed by atoms with Crippen LogP contribution in [0.1, 0.15) is 37.2 Å². The maximum Gasteiger partial charge on any atom is 0.231 e. The van der Waals surface area contributed by atoms with E-state index in [9.17, 15) is 0 Å². The highest BCUT2D eigenvalue weighted by Gasteiger charge is 2.25. The van der Waals surface area contributed by atoms with Crippen molar-refractivity contribution in [1.82, 2.24) is 20.4 Å². The Labute approximate surface area is 136 Å². The number of likely N-dealkylation sites (N-methyl/N-ethyl adjacent to an activating group) is 1. The van der Waals surface area contributed by atoms with E-state index in [4.69, 9.17) is 9.26 Å². The number of hydrogen-bond donors (Lipinski definition) is 1. The topological polar surface area (TPSA) is 63.4 Å². The highest BCUT2D eigenvalue weighted by molar-refractivity contribution is 5.30. The third kappa shape index (κ3) is 4.09. The molecule has 1 aromatic carbocycles. The lowest BCUT2D eigenvalue weighted by Crippen LogP contribution is -2.44. The lowest BCUT2D eigenvalue weighted by molar-refractivity contribution is 0.190. The number of nitrogens with one attached hydrogen (secondary N) is 1. The van der Waals surface area contributed by atoms with Crippen molar-refractivity contribution in [2.75, 3.05) is 26.7 Å². The zero-order chi connectivity index (χ0) is 16.2. The van der Waals surface area contributed by atoms with Crippen LogP contribution in [0.3, 0.4) is 0 Å². The van der Waals surface area contributed by atoms with Crippen LogP contribution in [0.4, 0.5) is 0 Å². The van der Waals surface area contributed by atoms with Gasteiger partial charge >= 0.3 is 0 Å². The first kappa shape index (κ1) is 16.0. The van der Waals surface area contributed by atoms with Crippen molar-refractivity contribution in [3.8, 4) is 5.75 Å². The number of hydrogen-bond acceptors (Lipinski definition) is 6. The fourth-order valence-electron chi connectivity index (χ4n) is 2.75. The normalized spacial score (nSPS) is 19.2. The van der Waals surface area contributed by atoms with Gasteiger partial charge in [-0.1, -0.05) is 17.3 Å². The molecule has 0 bridgehead atoms. The molecule has 1 N–H and O–H groups in total. The Hall–Kier alpha value is -1.92. The fourth-order valence-corrected chi connectivity index (χ4v) is 2.75. The van der Waals surface area contributed by atoms with Crippen LogP contribution < -0.4 is 10.1 Å². The molecule has 2 aromatic rings. The molecule has 1 aliphatic heterocycles. The first-order valence-corrected chi connectivity index (χ1v) is 8.11. The van der Waals surface area contributed by atoms with Gasteiger partial charge in [-0.2, -0.15) is 4.98 Å². The number of aromatic nitrogens is 2. The quantitative estimate of drug-likeness (QED) is 0.910. The Bertz CT molecular complexity index is 641. The molecule has 124 valence electrons. The standard InChI is InChI=1S/C17H24N4O2/c1-12(2)22-14-6-4-5-13(9-14)10-16-19-17(20-23-16)15-11-18-7-8-21(15)3/h4-6,9,12,15,18H,7-8,10-11H2,1-3H3. The summed E-state index contributed by atoms with van der Waals surface area (Å²) in [6.07, 6.45) is 0.779. The minimum Gasteiger partial charge on any atom is -0.491 e. The largest absolute Gasteiger partial charge is 0.491 e. The summed E-state index contributed by atoms with van der Waals surface area (Å²) in [5.74, 6) is 2.26. The number of ether oxygens (including phenoxy) is 1. The van der Waals surface area contributed by atoms with Crippen LogP contribution in [0.25, 0.3) is 0 Å². The smallest absolute Gasteiger partial charge is 0.231 e. The van der Waals surface area contributed by atoms with E-state index in [-0.39, 0.29) is 12.1 Å². The van der Waals surface area contributed by atoms with E-state index < -0.39 is 0 Å². The third-order valence-electron chi connectivity index (χ3n) is 3.92. The molecular weight excluding hydrogens is 292 g/mol. The summed E-state index contributed by atoms with van der Waals surface area (Å²) in [7, 11) is 2.09. The number of rotatable bonds is 5. The van der Waals surface area contributed by atoms with Gasteiger partial charge in [-0.3, -0.25) is 4.90 Å². The summed E-state index contributed by atoms with van der Waals surface area (Å²) in [4.78, 5) is 6.82. The van der Waals surface area contributed by atoms with Gasteiger partial charge in [-0.05, 0) is 38.6 Å². The van der Waals surface area contributed by atoms with Gasteiger partial charge in [0.05, 0.1) is 18.6 Å². The van der Waals surface area contributed by atoms with Crippen molar-refractivity contribution in [3.05, 3.63) is 41.5 Å². The second kappa shape index (κ2) is 7.10. The lowest BCUT2D eigenvalue weighted by atomic mass is 10.1. The van der Waals surface area contributed by atoms with Crippen molar-refractivity contribution in [1.29, 1.82) is 0 Å². The van der Waals surface area contributed by atoms with Crippen molar-refractivity contribution >= 4 is 0 Å². The summed E-state index contributed by atoms with van der Waals surface area (Å²) >= 11 is 0. The molecule has 0 saturated carbocycles. The number of nitrogens with zero attached hydrogens (tertiary/aromatic N) is 3. The molecule has 0 amide bonds. The Morgan fingerprint density at radius 1 is 1.43 bits per heavy atom. The molecule has 6 nitrogen and oxygen atoms in total. The van der Waals surface area contributed by atoms with Crippen molar-refractivity contribution < 1.29 is 9.26 Å². The van der Waals surface area contributed by atoms with Gasteiger partial charge in [-0.15, -0.1) is 0 Å². The van der Waals surface area contributed by atoms with E-state index in [1.807, 2.05) is 38.1 Å². The van der Waals surface area contributed by atoms with E-state index in [1.54, 1.807) is 0 Å². The van der Waals surface area contributed by atoms with Crippen LogP contribution >= 0.6 is 0 Å². The summed E-state index contributed by atoms with van der Waals surface area (Å²) in [5, 5.41) is 7.53. The van der Waals surface area contributed by atoms with E-state index in [0.717, 1.165) is 36.8 Å². The molecule has 1 aliphatic rings. The zero-order valence-corrected chi connectivity index (χ0v) is 14.0. The van der Waals surface area contributed by atoms with Crippen LogP contribution in [-0.2, 0) is 6.42 Å². The van der Waals surface area contributed by atoms with Gasteiger partial charge in [0.1, 0.15) is 5.75 Å². The van der Waals surface area contributed by atoms with E-state index in [1.165, 1.54) is 0 Å². The fraction of sp³-hybridized carbons (Fsp3) is 0.529. The summed E-state index contributed by atoms with van der Waals surface area (Å²) in [5.41, 5.74) is 1.11. The van der Waals surface area contributed by atoms with E-state index in [0.29, 0.717) is 12.3 Å². The molecule has 1 unspecified atom stereocenters. The van der Waals surface area contributed by atoms with Gasteiger partial charge in [0.15, 0.2) is 5.82 Å². The molecule has 1 saturated heterocycles. The minimum atomic E-state index is 0.162. The molecular formula is C17H24N4O2. The first-order valence-electron chi connectivity index (χ1n) is 8.11. The van der Waals surface area contributed by atoms with Crippen molar-refractivity contribution in [2.45, 2.75) is 32.4 Å². The molecule has 1 fully saturated rings. The lowest BCUT2D eigenvalue weighted by Gasteiger charge is -2.30. The van der Waals surface area contributed by atoms with Gasteiger partial charge in [0, 0.05) is 19.6 Å². The molecule has 6 heteroatoms. The average Bonchev–Trinajstić information content (AvgIpc) is 2.95. The number of piperazine rings is 1. The summed E-state index contributed by atoms with van der Waals surface area (Å²) in [6, 6.07) is 8.20. The third-order valence-corrected chi connectivity index (χ3v) is 3.92. The average molecular weight is 316 g/mol. The molecule has 0 spiro atoms. The first-order chi connectivity index (χ1) is 11.1. The highest BCUT2D eigenvalue weighted by atomic mass is 16.5. The summed E-state index contributed by atoms with van der Waals surface area (Å²) in [6.45, 7) is 6.88. The Morgan fingerprint density at radius 3 is 3.09 bits per heavy atom. The van der Waals surface area contributed by atoms with Gasteiger partial charge < -0.3 is 14.6 Å². The SMILES string of the molecule is CC(C)Oc1cccc(Cc2nc(C3CNCCN3C)no2)c1. The Morgan fingerprint density at radius 2 is 2.30 bits per heavy atom. The number of benzene rings is 1. The van der Waals surface area contributed by atoms with Crippen LogP contribution in [-0.4, -0.2) is 47.8 Å². The predicted octanol–water partition coefficient (Wildman–Crippen LogP) is 2.02. The monoisotopic (exact) mass is 316 g/mol. The molecule has 3 rings (SSSR count). The predicted molar refractivity (Wildman–Crippen MR) is 87.6 cm³/mol. The maximum atomic E-state index is 5.73. The molecule has 1 aromatic heterocycles. The molecule has 23 heavy (non-hydrogen) atoms. The van der Waals surface area contributed by atoms with Gasteiger partial charge in [-0.25, -0.2) is 0 Å². The maximum absolute atomic E-state index is 5.73. The van der Waals surface area contributed by atoms with Gasteiger partial charge in [0.2, 0.25) is 5.89 Å². The van der Waals surface area contributed by atoms with E-state index >= 15 is 0 Å².